The van der Waals surface area contributed by atoms with Crippen LogP contribution >= 0.6 is 0 Å². The highest BCUT2D eigenvalue weighted by molar-refractivity contribution is 5.83. The number of primary amides is 1. The van der Waals surface area contributed by atoms with E-state index in [0.717, 1.165) is 5.56 Å². The first-order chi connectivity index (χ1) is 7.60. The van der Waals surface area contributed by atoms with E-state index in [0.29, 0.717) is 17.7 Å². The summed E-state index contributed by atoms with van der Waals surface area (Å²) in [6.07, 6.45) is 0.591. The van der Waals surface area contributed by atoms with Crippen LogP contribution in [-0.4, -0.2) is 11.9 Å². The number of hydrogen-bond acceptors (Lipinski definition) is 3. The molecule has 4 heteroatoms. The van der Waals surface area contributed by atoms with E-state index in [1.807, 2.05) is 26.0 Å². The van der Waals surface area contributed by atoms with E-state index < -0.39 is 11.9 Å². The number of nitrogens with two attached hydrogens (primary N) is 1. The lowest BCUT2D eigenvalue weighted by molar-refractivity contribution is -0.118. The van der Waals surface area contributed by atoms with Crippen LogP contribution in [0.1, 0.15) is 24.5 Å². The van der Waals surface area contributed by atoms with E-state index in [1.54, 1.807) is 6.07 Å². The zero-order valence-corrected chi connectivity index (χ0v) is 9.45. The molecule has 1 amide bonds. The normalized spacial score (nSPS) is 11.6. The molecule has 0 fully saturated rings. The third kappa shape index (κ3) is 2.51. The number of aryl methyl sites for hydroxylation is 1. The molecular weight excluding hydrogens is 202 g/mol. The monoisotopic (exact) mass is 217 g/mol. The van der Waals surface area contributed by atoms with E-state index in [2.05, 4.69) is 11.4 Å². The van der Waals surface area contributed by atoms with Crippen molar-refractivity contribution < 1.29 is 4.79 Å². The van der Waals surface area contributed by atoms with Crippen molar-refractivity contribution in [1.29, 1.82) is 5.26 Å². The quantitative estimate of drug-likeness (QED) is 0.803. The second-order valence-electron chi connectivity index (χ2n) is 3.62. The summed E-state index contributed by atoms with van der Waals surface area (Å²) in [6.45, 7) is 3.72. The summed E-state index contributed by atoms with van der Waals surface area (Å²) in [6, 6.07) is 7.15. The van der Waals surface area contributed by atoms with Crippen molar-refractivity contribution in [3.8, 4) is 6.07 Å². The van der Waals surface area contributed by atoms with Crippen molar-refractivity contribution in [2.45, 2.75) is 26.3 Å². The van der Waals surface area contributed by atoms with Gasteiger partial charge in [0.15, 0.2) is 0 Å². The molecule has 4 nitrogen and oxygen atoms in total. The Morgan fingerprint density at radius 2 is 2.31 bits per heavy atom. The SMILES string of the molecule is CCC(Nc1cccc(C)c1C#N)C(N)=O. The summed E-state index contributed by atoms with van der Waals surface area (Å²) in [5.41, 5.74) is 7.34. The highest BCUT2D eigenvalue weighted by Gasteiger charge is 2.14. The number of nitrogens with one attached hydrogen (secondary N) is 1. The fourth-order valence-electron chi connectivity index (χ4n) is 1.50. The van der Waals surface area contributed by atoms with Gasteiger partial charge in [-0.15, -0.1) is 0 Å². The van der Waals surface area contributed by atoms with Crippen LogP contribution in [0.2, 0.25) is 0 Å². The molecule has 0 bridgehead atoms. The molecule has 1 unspecified atom stereocenters. The Labute approximate surface area is 95.1 Å². The summed E-state index contributed by atoms with van der Waals surface area (Å²) in [5.74, 6) is -0.409. The van der Waals surface area contributed by atoms with Gasteiger partial charge in [-0.3, -0.25) is 4.79 Å². The van der Waals surface area contributed by atoms with Crippen LogP contribution in [0.5, 0.6) is 0 Å². The molecule has 0 saturated carbocycles. The molecule has 3 N–H and O–H groups in total. The van der Waals surface area contributed by atoms with Crippen LogP contribution in [0, 0.1) is 18.3 Å². The molecular formula is C12H15N3O. The molecule has 1 rings (SSSR count). The van der Waals surface area contributed by atoms with Gasteiger partial charge in [0, 0.05) is 0 Å². The van der Waals surface area contributed by atoms with Crippen molar-refractivity contribution in [2.75, 3.05) is 5.32 Å². The first-order valence-electron chi connectivity index (χ1n) is 5.15. The highest BCUT2D eigenvalue weighted by Crippen LogP contribution is 2.19. The zero-order valence-electron chi connectivity index (χ0n) is 9.45. The average molecular weight is 217 g/mol. The Morgan fingerprint density at radius 1 is 1.62 bits per heavy atom. The number of amides is 1. The Bertz CT molecular complexity index is 434. The van der Waals surface area contributed by atoms with Crippen LogP contribution in [0.15, 0.2) is 18.2 Å². The van der Waals surface area contributed by atoms with Gasteiger partial charge in [0.1, 0.15) is 12.1 Å². The second-order valence-corrected chi connectivity index (χ2v) is 3.62. The van der Waals surface area contributed by atoms with Gasteiger partial charge in [0.25, 0.3) is 0 Å². The van der Waals surface area contributed by atoms with Gasteiger partial charge < -0.3 is 11.1 Å². The molecule has 16 heavy (non-hydrogen) atoms. The van der Waals surface area contributed by atoms with Crippen molar-refractivity contribution in [2.24, 2.45) is 5.73 Å². The molecule has 0 saturated heterocycles. The number of carbonyl (C=O) groups is 1. The van der Waals surface area contributed by atoms with Crippen LogP contribution in [0.25, 0.3) is 0 Å². The third-order valence-corrected chi connectivity index (χ3v) is 2.47. The van der Waals surface area contributed by atoms with Gasteiger partial charge in [0.05, 0.1) is 11.3 Å². The lowest BCUT2D eigenvalue weighted by Gasteiger charge is -2.16. The van der Waals surface area contributed by atoms with Gasteiger partial charge in [-0.2, -0.15) is 5.26 Å². The van der Waals surface area contributed by atoms with Crippen LogP contribution < -0.4 is 11.1 Å². The maximum Gasteiger partial charge on any atom is 0.239 e. The number of nitriles is 1. The Kier molecular flexibility index (Phi) is 3.90. The molecule has 84 valence electrons. The van der Waals surface area contributed by atoms with Crippen LogP contribution in [0.4, 0.5) is 5.69 Å². The van der Waals surface area contributed by atoms with E-state index >= 15 is 0 Å². The third-order valence-electron chi connectivity index (χ3n) is 2.47. The predicted octanol–water partition coefficient (Wildman–Crippen LogP) is 1.54. The number of nitrogens with zero attached hydrogens (tertiary/aromatic N) is 1. The fourth-order valence-corrected chi connectivity index (χ4v) is 1.50. The van der Waals surface area contributed by atoms with E-state index in [4.69, 9.17) is 11.0 Å². The molecule has 0 aromatic heterocycles. The van der Waals surface area contributed by atoms with E-state index in [9.17, 15) is 4.79 Å². The number of carbonyl (C=O) groups excluding carboxylic acids is 1. The largest absolute Gasteiger partial charge is 0.373 e. The minimum Gasteiger partial charge on any atom is -0.373 e. The van der Waals surface area contributed by atoms with Crippen molar-refractivity contribution in [1.82, 2.24) is 0 Å². The predicted molar refractivity (Wildman–Crippen MR) is 62.8 cm³/mol. The second kappa shape index (κ2) is 5.17. The van der Waals surface area contributed by atoms with Gasteiger partial charge >= 0.3 is 0 Å². The lowest BCUT2D eigenvalue weighted by atomic mass is 10.1. The van der Waals surface area contributed by atoms with Gasteiger partial charge in [-0.25, -0.2) is 0 Å². The Balaban J connectivity index is 3.02. The van der Waals surface area contributed by atoms with E-state index in [1.165, 1.54) is 0 Å². The van der Waals surface area contributed by atoms with Gasteiger partial charge in [-0.05, 0) is 25.0 Å². The maximum atomic E-state index is 11.1. The number of hydrogen-bond donors (Lipinski definition) is 2. The number of rotatable bonds is 4. The molecule has 1 aromatic rings. The summed E-state index contributed by atoms with van der Waals surface area (Å²) in [7, 11) is 0. The number of benzene rings is 1. The summed E-state index contributed by atoms with van der Waals surface area (Å²) < 4.78 is 0. The molecule has 1 aromatic carbocycles. The summed E-state index contributed by atoms with van der Waals surface area (Å²) in [5, 5.41) is 12.0. The minimum atomic E-state index is -0.436. The maximum absolute atomic E-state index is 11.1. The van der Waals surface area contributed by atoms with Crippen molar-refractivity contribution in [3.63, 3.8) is 0 Å². The highest BCUT2D eigenvalue weighted by atomic mass is 16.1. The van der Waals surface area contributed by atoms with Crippen molar-refractivity contribution >= 4 is 11.6 Å². The zero-order chi connectivity index (χ0) is 12.1. The van der Waals surface area contributed by atoms with E-state index in [-0.39, 0.29) is 0 Å². The van der Waals surface area contributed by atoms with Gasteiger partial charge in [-0.1, -0.05) is 19.1 Å². The summed E-state index contributed by atoms with van der Waals surface area (Å²) in [4.78, 5) is 11.1. The first-order valence-corrected chi connectivity index (χ1v) is 5.15. The molecule has 1 atom stereocenters. The standard InChI is InChI=1S/C12H15N3O/c1-3-10(12(14)16)15-11-6-4-5-8(2)9(11)7-13/h4-6,10,15H,3H2,1-2H3,(H2,14,16). The van der Waals surface area contributed by atoms with Crippen molar-refractivity contribution in [3.05, 3.63) is 29.3 Å². The minimum absolute atomic E-state index is 0.409. The fraction of sp³-hybridized carbons (Fsp3) is 0.333. The van der Waals surface area contributed by atoms with Gasteiger partial charge in [0.2, 0.25) is 5.91 Å². The first kappa shape index (κ1) is 12.1. The molecule has 0 aliphatic carbocycles. The molecule has 0 spiro atoms. The Hall–Kier alpha value is -2.02. The average Bonchev–Trinajstić information content (AvgIpc) is 2.25. The molecule has 0 heterocycles. The molecule has 0 aliphatic rings. The molecule has 0 aliphatic heterocycles. The number of anilines is 1. The van der Waals surface area contributed by atoms with Crippen LogP contribution in [0.3, 0.4) is 0 Å². The smallest absolute Gasteiger partial charge is 0.239 e. The molecule has 0 radical (unpaired) electrons. The Morgan fingerprint density at radius 3 is 2.81 bits per heavy atom. The topological polar surface area (TPSA) is 78.9 Å². The lowest BCUT2D eigenvalue weighted by Crippen LogP contribution is -2.35. The summed E-state index contributed by atoms with van der Waals surface area (Å²) >= 11 is 0. The van der Waals surface area contributed by atoms with Crippen LogP contribution in [-0.2, 0) is 4.79 Å².